The average Bonchev–Trinajstić information content (AvgIpc) is 3.20. The van der Waals surface area contributed by atoms with Gasteiger partial charge in [-0.2, -0.15) is 10.4 Å². The molecule has 34 heavy (non-hydrogen) atoms. The van der Waals surface area contributed by atoms with Crippen molar-refractivity contribution in [2.45, 2.75) is 12.8 Å². The Labute approximate surface area is 218 Å². The summed E-state index contributed by atoms with van der Waals surface area (Å²) in [7, 11) is 1.82. The van der Waals surface area contributed by atoms with Crippen LogP contribution in [0.1, 0.15) is 17.7 Å². The van der Waals surface area contributed by atoms with Crippen molar-refractivity contribution >= 4 is 41.4 Å². The molecule has 1 fully saturated rings. The van der Waals surface area contributed by atoms with Gasteiger partial charge in [0.15, 0.2) is 5.96 Å². The highest BCUT2D eigenvalue weighted by Crippen LogP contribution is 2.21. The maximum atomic E-state index is 9.59. The lowest BCUT2D eigenvalue weighted by Crippen LogP contribution is -2.52. The molecular formula is C25H31IN8. The SMILES string of the molecule is CN=C(NCCCc1nn(-c2ccccc2)c(N)c1C#N)N1CCN(c2ccccc2)CC1.I. The van der Waals surface area contributed by atoms with Gasteiger partial charge in [0, 0.05) is 45.5 Å². The number of halogens is 1. The molecule has 4 rings (SSSR count). The molecule has 3 aromatic rings. The molecule has 0 amide bonds. The van der Waals surface area contributed by atoms with Crippen LogP contribution in [-0.2, 0) is 6.42 Å². The van der Waals surface area contributed by atoms with E-state index in [1.54, 1.807) is 4.68 Å². The topological polar surface area (TPSA) is 98.5 Å². The highest BCUT2D eigenvalue weighted by molar-refractivity contribution is 14.0. The largest absolute Gasteiger partial charge is 0.382 e. The number of hydrogen-bond donors (Lipinski definition) is 2. The number of aliphatic imine (C=N–C) groups is 1. The Morgan fingerprint density at radius 3 is 2.24 bits per heavy atom. The summed E-state index contributed by atoms with van der Waals surface area (Å²) < 4.78 is 1.65. The minimum atomic E-state index is 0. The van der Waals surface area contributed by atoms with E-state index in [1.165, 1.54) is 5.69 Å². The van der Waals surface area contributed by atoms with Crippen LogP contribution in [-0.4, -0.2) is 60.4 Å². The van der Waals surface area contributed by atoms with E-state index in [-0.39, 0.29) is 24.0 Å². The van der Waals surface area contributed by atoms with E-state index in [0.29, 0.717) is 17.8 Å². The molecule has 0 aliphatic carbocycles. The molecule has 0 atom stereocenters. The molecule has 2 heterocycles. The number of nitriles is 1. The number of guanidine groups is 1. The predicted molar refractivity (Wildman–Crippen MR) is 148 cm³/mol. The summed E-state index contributed by atoms with van der Waals surface area (Å²) in [4.78, 5) is 9.16. The fraction of sp³-hybridized carbons (Fsp3) is 0.320. The van der Waals surface area contributed by atoms with Crippen LogP contribution in [0, 0.1) is 11.3 Å². The Morgan fingerprint density at radius 1 is 1.03 bits per heavy atom. The van der Waals surface area contributed by atoms with E-state index < -0.39 is 0 Å². The van der Waals surface area contributed by atoms with Crippen LogP contribution < -0.4 is 16.0 Å². The van der Waals surface area contributed by atoms with Crippen molar-refractivity contribution in [3.8, 4) is 11.8 Å². The highest BCUT2D eigenvalue weighted by atomic mass is 127. The van der Waals surface area contributed by atoms with Crippen LogP contribution in [0.25, 0.3) is 5.69 Å². The van der Waals surface area contributed by atoms with Gasteiger partial charge in [0.25, 0.3) is 0 Å². The molecule has 1 aliphatic rings. The molecule has 1 aliphatic heterocycles. The standard InChI is InChI=1S/C25H30N8.HI/c1-28-25(32-17-15-31(16-18-32)20-9-4-2-5-10-20)29-14-8-13-23-22(19-26)24(27)33(30-23)21-11-6-3-7-12-21;/h2-7,9-12H,8,13-18,27H2,1H3,(H,28,29);1H. The summed E-state index contributed by atoms with van der Waals surface area (Å²) in [6, 6.07) is 22.4. The monoisotopic (exact) mass is 570 g/mol. The molecule has 0 saturated carbocycles. The Hall–Kier alpha value is -3.26. The fourth-order valence-corrected chi connectivity index (χ4v) is 4.14. The molecule has 0 unspecified atom stereocenters. The van der Waals surface area contributed by atoms with Crippen molar-refractivity contribution in [1.29, 1.82) is 5.26 Å². The van der Waals surface area contributed by atoms with Crippen molar-refractivity contribution in [2.75, 3.05) is 50.4 Å². The first-order chi connectivity index (χ1) is 16.2. The van der Waals surface area contributed by atoms with Crippen molar-refractivity contribution in [1.82, 2.24) is 20.0 Å². The second kappa shape index (κ2) is 12.3. The zero-order valence-electron chi connectivity index (χ0n) is 19.4. The Kier molecular flexibility index (Phi) is 9.16. The Bertz CT molecular complexity index is 1110. The molecular weight excluding hydrogens is 539 g/mol. The molecule has 1 aromatic heterocycles. The van der Waals surface area contributed by atoms with E-state index in [1.807, 2.05) is 43.4 Å². The van der Waals surface area contributed by atoms with Gasteiger partial charge in [0.1, 0.15) is 17.5 Å². The molecule has 2 aromatic carbocycles. The molecule has 9 heteroatoms. The van der Waals surface area contributed by atoms with Crippen LogP contribution in [0.15, 0.2) is 65.7 Å². The quantitative estimate of drug-likeness (QED) is 0.204. The maximum absolute atomic E-state index is 9.59. The molecule has 8 nitrogen and oxygen atoms in total. The third-order valence-corrected chi connectivity index (χ3v) is 5.89. The van der Waals surface area contributed by atoms with Gasteiger partial charge in [-0.25, -0.2) is 4.68 Å². The summed E-state index contributed by atoms with van der Waals surface area (Å²) in [5.74, 6) is 1.30. The number of aryl methyl sites for hydroxylation is 1. The first-order valence-corrected chi connectivity index (χ1v) is 11.3. The number of hydrogen-bond acceptors (Lipinski definition) is 5. The summed E-state index contributed by atoms with van der Waals surface area (Å²) in [5.41, 5.74) is 9.51. The van der Waals surface area contributed by atoms with Gasteiger partial charge in [-0.3, -0.25) is 4.99 Å². The predicted octanol–water partition coefficient (Wildman–Crippen LogP) is 3.27. The van der Waals surface area contributed by atoms with Crippen molar-refractivity contribution in [2.24, 2.45) is 4.99 Å². The number of para-hydroxylation sites is 2. The molecule has 0 bridgehead atoms. The van der Waals surface area contributed by atoms with E-state index in [0.717, 1.165) is 56.5 Å². The summed E-state index contributed by atoms with van der Waals surface area (Å²) >= 11 is 0. The second-order valence-electron chi connectivity index (χ2n) is 7.95. The number of nitrogens with zero attached hydrogens (tertiary/aromatic N) is 6. The number of nitrogen functional groups attached to an aromatic ring is 1. The maximum Gasteiger partial charge on any atom is 0.193 e. The van der Waals surface area contributed by atoms with Gasteiger partial charge < -0.3 is 20.9 Å². The Morgan fingerprint density at radius 2 is 1.65 bits per heavy atom. The molecule has 3 N–H and O–H groups in total. The number of nitrogens with two attached hydrogens (primary N) is 1. The van der Waals surface area contributed by atoms with E-state index in [2.05, 4.69) is 55.5 Å². The number of benzene rings is 2. The number of rotatable bonds is 6. The zero-order chi connectivity index (χ0) is 23.0. The first kappa shape index (κ1) is 25.4. The van der Waals surface area contributed by atoms with Gasteiger partial charge in [0.05, 0.1) is 11.4 Å². The van der Waals surface area contributed by atoms with Crippen LogP contribution in [0.5, 0.6) is 0 Å². The molecule has 1 saturated heterocycles. The van der Waals surface area contributed by atoms with Gasteiger partial charge in [0.2, 0.25) is 0 Å². The highest BCUT2D eigenvalue weighted by Gasteiger charge is 2.20. The van der Waals surface area contributed by atoms with E-state index in [4.69, 9.17) is 5.73 Å². The van der Waals surface area contributed by atoms with Crippen molar-refractivity contribution in [3.63, 3.8) is 0 Å². The molecule has 0 radical (unpaired) electrons. The summed E-state index contributed by atoms with van der Waals surface area (Å²) in [6.07, 6.45) is 1.49. The smallest absolute Gasteiger partial charge is 0.193 e. The molecule has 178 valence electrons. The van der Waals surface area contributed by atoms with Gasteiger partial charge in [-0.1, -0.05) is 36.4 Å². The third-order valence-electron chi connectivity index (χ3n) is 5.89. The van der Waals surface area contributed by atoms with Gasteiger partial charge >= 0.3 is 0 Å². The lowest BCUT2D eigenvalue weighted by atomic mass is 10.1. The van der Waals surface area contributed by atoms with Crippen LogP contribution >= 0.6 is 24.0 Å². The average molecular weight is 570 g/mol. The second-order valence-corrected chi connectivity index (χ2v) is 7.95. The van der Waals surface area contributed by atoms with Gasteiger partial charge in [-0.15, -0.1) is 24.0 Å². The normalized spacial score (nSPS) is 13.8. The van der Waals surface area contributed by atoms with Crippen molar-refractivity contribution in [3.05, 3.63) is 71.9 Å². The third kappa shape index (κ3) is 5.80. The lowest BCUT2D eigenvalue weighted by Gasteiger charge is -2.37. The summed E-state index contributed by atoms with van der Waals surface area (Å²) in [5, 5.41) is 17.7. The van der Waals surface area contributed by atoms with E-state index in [9.17, 15) is 5.26 Å². The number of anilines is 2. The van der Waals surface area contributed by atoms with Gasteiger partial charge in [-0.05, 0) is 37.1 Å². The zero-order valence-corrected chi connectivity index (χ0v) is 21.7. The van der Waals surface area contributed by atoms with Crippen LogP contribution in [0.2, 0.25) is 0 Å². The fourth-order valence-electron chi connectivity index (χ4n) is 4.14. The number of nitrogens with one attached hydrogen (secondary N) is 1. The minimum absolute atomic E-state index is 0. The minimum Gasteiger partial charge on any atom is -0.382 e. The molecule has 0 spiro atoms. The lowest BCUT2D eigenvalue weighted by molar-refractivity contribution is 0.372. The van der Waals surface area contributed by atoms with Crippen molar-refractivity contribution < 1.29 is 0 Å². The van der Waals surface area contributed by atoms with Crippen LogP contribution in [0.4, 0.5) is 11.5 Å². The number of piperazine rings is 1. The summed E-state index contributed by atoms with van der Waals surface area (Å²) in [6.45, 7) is 4.52. The van der Waals surface area contributed by atoms with E-state index >= 15 is 0 Å². The van der Waals surface area contributed by atoms with Crippen LogP contribution in [0.3, 0.4) is 0 Å². The number of aromatic nitrogens is 2. The Balaban J connectivity index is 0.00000324. The first-order valence-electron chi connectivity index (χ1n) is 11.3.